The average molecular weight is 502 g/mol. The van der Waals surface area contributed by atoms with E-state index in [-0.39, 0.29) is 11.8 Å². The van der Waals surface area contributed by atoms with Crippen molar-refractivity contribution in [2.45, 2.75) is 30.2 Å². The number of rotatable bonds is 6. The fourth-order valence-electron chi connectivity index (χ4n) is 4.70. The molecule has 2 aliphatic rings. The zero-order valence-electron chi connectivity index (χ0n) is 20.8. The summed E-state index contributed by atoms with van der Waals surface area (Å²) in [6, 6.07) is 21.3. The number of nitrogens with zero attached hydrogens (tertiary/aromatic N) is 3. The maximum atomic E-state index is 13.8. The second-order valence-electron chi connectivity index (χ2n) is 8.98. The molecule has 1 saturated heterocycles. The van der Waals surface area contributed by atoms with E-state index < -0.39 is 0 Å². The Morgan fingerprint density at radius 1 is 0.917 bits per heavy atom. The van der Waals surface area contributed by atoms with Gasteiger partial charge in [-0.05, 0) is 61.5 Å². The summed E-state index contributed by atoms with van der Waals surface area (Å²) in [4.78, 5) is 35.2. The smallest absolute Gasteiger partial charge is 0.259 e. The lowest BCUT2D eigenvalue weighted by atomic mass is 10.1. The van der Waals surface area contributed by atoms with Crippen LogP contribution >= 0.6 is 11.8 Å². The summed E-state index contributed by atoms with van der Waals surface area (Å²) < 4.78 is 5.58. The molecule has 36 heavy (non-hydrogen) atoms. The van der Waals surface area contributed by atoms with E-state index in [2.05, 4.69) is 11.8 Å². The summed E-state index contributed by atoms with van der Waals surface area (Å²) in [6.07, 6.45) is 0. The van der Waals surface area contributed by atoms with Crippen LogP contribution in [0.3, 0.4) is 0 Å². The van der Waals surface area contributed by atoms with Gasteiger partial charge >= 0.3 is 0 Å². The Balaban J connectivity index is 1.49. The minimum atomic E-state index is -0.0631. The summed E-state index contributed by atoms with van der Waals surface area (Å²) in [5.41, 5.74) is 3.06. The molecular weight excluding hydrogens is 470 g/mol. The maximum absolute atomic E-state index is 13.8. The zero-order chi connectivity index (χ0) is 25.1. The van der Waals surface area contributed by atoms with Gasteiger partial charge in [-0.25, -0.2) is 0 Å². The highest BCUT2D eigenvalue weighted by Gasteiger charge is 2.29. The molecule has 6 nitrogen and oxygen atoms in total. The number of anilines is 1. The number of benzene rings is 3. The second kappa shape index (κ2) is 10.8. The Kier molecular flexibility index (Phi) is 7.30. The third kappa shape index (κ3) is 4.99. The minimum Gasteiger partial charge on any atom is -0.494 e. The van der Waals surface area contributed by atoms with E-state index in [1.165, 1.54) is 0 Å². The standard InChI is InChI=1S/C29H31N3O3S/c1-3-30-15-17-31(18-16-30)28(33)22-11-14-27-25(19-22)32(20-21-9-12-23(13-10-21)35-4-2)29(34)24-7-5-6-8-26(24)36-27/h5-14,19H,3-4,15-18,20H2,1-2H3. The summed E-state index contributed by atoms with van der Waals surface area (Å²) in [5.74, 6) is 0.765. The molecule has 0 aliphatic carbocycles. The Morgan fingerprint density at radius 2 is 1.67 bits per heavy atom. The van der Waals surface area contributed by atoms with Crippen LogP contribution in [0.2, 0.25) is 0 Å². The fraction of sp³-hybridized carbons (Fsp3) is 0.310. The molecule has 3 aromatic rings. The Morgan fingerprint density at radius 3 is 2.39 bits per heavy atom. The van der Waals surface area contributed by atoms with Crippen LogP contribution in [-0.2, 0) is 6.54 Å². The topological polar surface area (TPSA) is 53.1 Å². The zero-order valence-corrected chi connectivity index (χ0v) is 21.6. The van der Waals surface area contributed by atoms with Crippen molar-refractivity contribution in [3.8, 4) is 5.75 Å². The van der Waals surface area contributed by atoms with Gasteiger partial charge in [0.25, 0.3) is 11.8 Å². The molecule has 0 aromatic heterocycles. The predicted molar refractivity (Wildman–Crippen MR) is 143 cm³/mol. The molecule has 7 heteroatoms. The summed E-state index contributed by atoms with van der Waals surface area (Å²) in [5, 5.41) is 0. The molecule has 2 aliphatic heterocycles. The highest BCUT2D eigenvalue weighted by Crippen LogP contribution is 2.42. The maximum Gasteiger partial charge on any atom is 0.259 e. The molecule has 0 saturated carbocycles. The number of ether oxygens (including phenoxy) is 1. The van der Waals surface area contributed by atoms with E-state index >= 15 is 0 Å². The van der Waals surface area contributed by atoms with E-state index in [1.54, 1.807) is 16.7 Å². The van der Waals surface area contributed by atoms with Gasteiger partial charge in [-0.1, -0.05) is 43.0 Å². The minimum absolute atomic E-state index is 0.0220. The van der Waals surface area contributed by atoms with Crippen molar-refractivity contribution in [3.63, 3.8) is 0 Å². The predicted octanol–water partition coefficient (Wildman–Crippen LogP) is 5.17. The quantitative estimate of drug-likeness (QED) is 0.466. The molecule has 0 spiro atoms. The van der Waals surface area contributed by atoms with Gasteiger partial charge in [-0.15, -0.1) is 0 Å². The number of carbonyl (C=O) groups excluding carboxylic acids is 2. The number of carbonyl (C=O) groups is 2. The Labute approximate surface area is 216 Å². The van der Waals surface area contributed by atoms with E-state index in [0.717, 1.165) is 59.5 Å². The first-order valence-electron chi connectivity index (χ1n) is 12.5. The van der Waals surface area contributed by atoms with Crippen molar-refractivity contribution in [2.75, 3.05) is 44.2 Å². The molecule has 0 N–H and O–H groups in total. The van der Waals surface area contributed by atoms with Gasteiger partial charge in [0.15, 0.2) is 0 Å². The van der Waals surface area contributed by atoms with Crippen LogP contribution in [0.1, 0.15) is 40.1 Å². The van der Waals surface area contributed by atoms with Gasteiger partial charge in [0.05, 0.1) is 24.4 Å². The Bertz CT molecular complexity index is 1250. The SMILES string of the molecule is CCOc1ccc(CN2C(=O)c3ccccc3Sc3ccc(C(=O)N4CCN(CC)CC4)cc32)cc1. The van der Waals surface area contributed by atoms with Crippen LogP contribution in [-0.4, -0.2) is 60.9 Å². The van der Waals surface area contributed by atoms with Gasteiger partial charge in [0, 0.05) is 41.5 Å². The Hall–Kier alpha value is -3.29. The van der Waals surface area contributed by atoms with Crippen LogP contribution in [0.25, 0.3) is 0 Å². The van der Waals surface area contributed by atoms with Crippen LogP contribution in [0, 0.1) is 0 Å². The molecule has 5 rings (SSSR count). The molecule has 1 fully saturated rings. The highest BCUT2D eigenvalue weighted by atomic mass is 32.2. The van der Waals surface area contributed by atoms with Gasteiger partial charge in [0.2, 0.25) is 0 Å². The average Bonchev–Trinajstić information content (AvgIpc) is 3.03. The largest absolute Gasteiger partial charge is 0.494 e. The summed E-state index contributed by atoms with van der Waals surface area (Å²) >= 11 is 1.58. The number of fused-ring (bicyclic) bond motifs is 2. The molecule has 2 amide bonds. The van der Waals surface area contributed by atoms with E-state index in [1.807, 2.05) is 78.6 Å². The normalized spacial score (nSPS) is 15.8. The number of likely N-dealkylation sites (N-methyl/N-ethyl adjacent to an activating group) is 1. The fourth-order valence-corrected chi connectivity index (χ4v) is 5.76. The van der Waals surface area contributed by atoms with Crippen LogP contribution in [0.4, 0.5) is 5.69 Å². The molecule has 0 bridgehead atoms. The van der Waals surface area contributed by atoms with E-state index in [9.17, 15) is 9.59 Å². The lowest BCUT2D eigenvalue weighted by Gasteiger charge is -2.34. The molecule has 0 radical (unpaired) electrons. The second-order valence-corrected chi connectivity index (χ2v) is 10.1. The van der Waals surface area contributed by atoms with Crippen molar-refractivity contribution in [1.82, 2.24) is 9.80 Å². The monoisotopic (exact) mass is 501 g/mol. The van der Waals surface area contributed by atoms with Crippen LogP contribution < -0.4 is 9.64 Å². The number of hydrogen-bond donors (Lipinski definition) is 0. The van der Waals surface area contributed by atoms with Crippen molar-refractivity contribution in [2.24, 2.45) is 0 Å². The highest BCUT2D eigenvalue weighted by molar-refractivity contribution is 7.99. The van der Waals surface area contributed by atoms with Gasteiger partial charge < -0.3 is 19.4 Å². The lowest BCUT2D eigenvalue weighted by Crippen LogP contribution is -2.48. The van der Waals surface area contributed by atoms with Crippen molar-refractivity contribution >= 4 is 29.3 Å². The van der Waals surface area contributed by atoms with Crippen LogP contribution in [0.5, 0.6) is 5.75 Å². The molecule has 3 aromatic carbocycles. The van der Waals surface area contributed by atoms with E-state index in [0.29, 0.717) is 24.3 Å². The molecule has 186 valence electrons. The third-order valence-corrected chi connectivity index (χ3v) is 7.90. The number of piperazine rings is 1. The van der Waals surface area contributed by atoms with Gasteiger partial charge in [-0.2, -0.15) is 0 Å². The van der Waals surface area contributed by atoms with E-state index in [4.69, 9.17) is 4.74 Å². The first kappa shape index (κ1) is 24.4. The molecule has 0 atom stereocenters. The summed E-state index contributed by atoms with van der Waals surface area (Å²) in [6.45, 7) is 9.34. The number of amides is 2. The first-order valence-corrected chi connectivity index (χ1v) is 13.3. The molecule has 0 unspecified atom stereocenters. The van der Waals surface area contributed by atoms with Gasteiger partial charge in [0.1, 0.15) is 5.75 Å². The molecular formula is C29H31N3O3S. The van der Waals surface area contributed by atoms with Crippen LogP contribution in [0.15, 0.2) is 76.5 Å². The van der Waals surface area contributed by atoms with Crippen molar-refractivity contribution in [1.29, 1.82) is 0 Å². The summed E-state index contributed by atoms with van der Waals surface area (Å²) in [7, 11) is 0. The third-order valence-electron chi connectivity index (χ3n) is 6.76. The van der Waals surface area contributed by atoms with Gasteiger partial charge in [-0.3, -0.25) is 9.59 Å². The lowest BCUT2D eigenvalue weighted by molar-refractivity contribution is 0.0643. The van der Waals surface area contributed by atoms with Crippen molar-refractivity contribution in [3.05, 3.63) is 83.4 Å². The first-order chi connectivity index (χ1) is 17.6. The number of hydrogen-bond acceptors (Lipinski definition) is 5. The molecule has 2 heterocycles. The van der Waals surface area contributed by atoms with Crippen molar-refractivity contribution < 1.29 is 14.3 Å².